The van der Waals surface area contributed by atoms with E-state index in [1.54, 1.807) is 42.7 Å². The minimum atomic E-state index is -0.560. The van der Waals surface area contributed by atoms with E-state index in [2.05, 4.69) is 5.10 Å². The maximum Gasteiger partial charge on any atom is 0.309 e. The number of carbonyl (C=O) groups excluding carboxylic acids is 3. The van der Waals surface area contributed by atoms with E-state index < -0.39 is 24.5 Å². The quantitative estimate of drug-likeness (QED) is 0.335. The zero-order valence-corrected chi connectivity index (χ0v) is 19.6. The van der Waals surface area contributed by atoms with Gasteiger partial charge in [0.1, 0.15) is 17.6 Å². The highest BCUT2D eigenvalue weighted by Gasteiger charge is 2.35. The number of ether oxygens (including phenoxy) is 2. The third-order valence-corrected chi connectivity index (χ3v) is 5.61. The van der Waals surface area contributed by atoms with Crippen molar-refractivity contribution < 1.29 is 28.3 Å². The summed E-state index contributed by atoms with van der Waals surface area (Å²) in [6.45, 7) is 3.14. The minimum absolute atomic E-state index is 0.0266. The summed E-state index contributed by atoms with van der Waals surface area (Å²) in [4.78, 5) is 36.4. The smallest absolute Gasteiger partial charge is 0.309 e. The highest BCUT2D eigenvalue weighted by molar-refractivity contribution is 6.03. The summed E-state index contributed by atoms with van der Waals surface area (Å²) in [5.41, 5.74) is 3.40. The summed E-state index contributed by atoms with van der Waals surface area (Å²) in [5.74, 6) is 0.111. The van der Waals surface area contributed by atoms with Crippen LogP contribution in [0.5, 0.6) is 5.75 Å². The fraction of sp³-hybridized carbons (Fsp3) is 0.259. The van der Waals surface area contributed by atoms with Gasteiger partial charge < -0.3 is 13.9 Å². The number of aryl methyl sites for hydroxylation is 1. The molecule has 3 aromatic rings. The number of amides is 1. The Morgan fingerprint density at radius 2 is 1.80 bits per heavy atom. The third kappa shape index (κ3) is 6.03. The first-order chi connectivity index (χ1) is 16.9. The predicted octanol–water partition coefficient (Wildman–Crippen LogP) is 4.48. The summed E-state index contributed by atoms with van der Waals surface area (Å²) in [6.07, 6.45) is 2.02. The molecule has 0 saturated carbocycles. The molecule has 0 radical (unpaired) electrons. The van der Waals surface area contributed by atoms with Crippen molar-refractivity contribution >= 4 is 23.4 Å². The van der Waals surface area contributed by atoms with E-state index in [1.165, 1.54) is 11.9 Å². The lowest BCUT2D eigenvalue weighted by molar-refractivity contribution is -0.153. The molecule has 1 aliphatic heterocycles. The van der Waals surface area contributed by atoms with Crippen LogP contribution in [0.3, 0.4) is 0 Å². The average molecular weight is 475 g/mol. The SMILES string of the molecule is CC(=O)c1ccc(OCCC(=O)OCC(=O)N2N=C(c3ccc(C)cc3)CC2c2ccco2)cc1. The van der Waals surface area contributed by atoms with Crippen molar-refractivity contribution in [2.45, 2.75) is 32.7 Å². The zero-order chi connectivity index (χ0) is 24.8. The van der Waals surface area contributed by atoms with Crippen molar-refractivity contribution in [2.24, 2.45) is 5.10 Å². The van der Waals surface area contributed by atoms with Crippen LogP contribution >= 0.6 is 0 Å². The van der Waals surface area contributed by atoms with Gasteiger partial charge in [0.05, 0.1) is 25.0 Å². The van der Waals surface area contributed by atoms with Crippen LogP contribution in [0.4, 0.5) is 0 Å². The maximum atomic E-state index is 12.9. The zero-order valence-electron chi connectivity index (χ0n) is 19.6. The first kappa shape index (κ1) is 23.9. The molecule has 1 aromatic heterocycles. The predicted molar refractivity (Wildman–Crippen MR) is 128 cm³/mol. The number of hydrogen-bond donors (Lipinski definition) is 0. The molecule has 0 spiro atoms. The van der Waals surface area contributed by atoms with Crippen LogP contribution in [-0.4, -0.2) is 41.6 Å². The van der Waals surface area contributed by atoms with Crippen LogP contribution in [-0.2, 0) is 14.3 Å². The number of hydrogen-bond acceptors (Lipinski definition) is 7. The van der Waals surface area contributed by atoms with Crippen molar-refractivity contribution in [3.63, 3.8) is 0 Å². The first-order valence-corrected chi connectivity index (χ1v) is 11.3. The lowest BCUT2D eigenvalue weighted by Gasteiger charge is -2.19. The van der Waals surface area contributed by atoms with E-state index in [4.69, 9.17) is 13.9 Å². The number of rotatable bonds is 9. The Balaban J connectivity index is 1.32. The number of hydrazone groups is 1. The lowest BCUT2D eigenvalue weighted by Crippen LogP contribution is -2.31. The van der Waals surface area contributed by atoms with Gasteiger partial charge in [0.15, 0.2) is 12.4 Å². The van der Waals surface area contributed by atoms with Gasteiger partial charge in [0, 0.05) is 12.0 Å². The largest absolute Gasteiger partial charge is 0.493 e. The molecule has 0 fully saturated rings. The van der Waals surface area contributed by atoms with Crippen LogP contribution in [0, 0.1) is 6.92 Å². The fourth-order valence-electron chi connectivity index (χ4n) is 3.68. The first-order valence-electron chi connectivity index (χ1n) is 11.3. The maximum absolute atomic E-state index is 12.9. The van der Waals surface area contributed by atoms with Crippen LogP contribution in [0.1, 0.15) is 53.1 Å². The average Bonchev–Trinajstić information content (AvgIpc) is 3.54. The number of carbonyl (C=O) groups is 3. The van der Waals surface area contributed by atoms with Gasteiger partial charge in [-0.25, -0.2) is 5.01 Å². The van der Waals surface area contributed by atoms with Gasteiger partial charge in [-0.3, -0.25) is 14.4 Å². The Bertz CT molecular complexity index is 1210. The van der Waals surface area contributed by atoms with Crippen LogP contribution in [0.15, 0.2) is 76.4 Å². The second-order valence-corrected chi connectivity index (χ2v) is 8.23. The Morgan fingerprint density at radius 3 is 2.46 bits per heavy atom. The molecule has 180 valence electrons. The molecule has 8 nitrogen and oxygen atoms in total. The van der Waals surface area contributed by atoms with Crippen LogP contribution in [0.2, 0.25) is 0 Å². The molecule has 2 heterocycles. The molecule has 2 aromatic carbocycles. The number of ketones is 1. The second-order valence-electron chi connectivity index (χ2n) is 8.23. The molecule has 1 atom stereocenters. The molecule has 0 N–H and O–H groups in total. The molecule has 8 heteroatoms. The van der Waals surface area contributed by atoms with Crippen molar-refractivity contribution in [2.75, 3.05) is 13.2 Å². The summed E-state index contributed by atoms with van der Waals surface area (Å²) in [7, 11) is 0. The van der Waals surface area contributed by atoms with Gasteiger partial charge in [0.2, 0.25) is 0 Å². The summed E-state index contributed by atoms with van der Waals surface area (Å²) in [6, 6.07) is 17.7. The highest BCUT2D eigenvalue weighted by Crippen LogP contribution is 2.33. The van der Waals surface area contributed by atoms with E-state index in [9.17, 15) is 14.4 Å². The fourth-order valence-corrected chi connectivity index (χ4v) is 3.68. The standard InChI is InChI=1S/C27H26N2O6/c1-18-5-7-21(8-6-18)23-16-24(25-4-3-14-34-25)29(28-23)26(31)17-35-27(32)13-15-33-22-11-9-20(10-12-22)19(2)30/h3-12,14,24H,13,15-17H2,1-2H3. The molecule has 35 heavy (non-hydrogen) atoms. The van der Waals surface area contributed by atoms with Gasteiger partial charge in [-0.15, -0.1) is 0 Å². The summed E-state index contributed by atoms with van der Waals surface area (Å²) >= 11 is 0. The van der Waals surface area contributed by atoms with Gasteiger partial charge in [-0.2, -0.15) is 5.10 Å². The molecular weight excluding hydrogens is 448 g/mol. The van der Waals surface area contributed by atoms with Gasteiger partial charge in [-0.05, 0) is 55.8 Å². The number of furan rings is 1. The monoisotopic (exact) mass is 474 g/mol. The van der Waals surface area contributed by atoms with Crippen molar-refractivity contribution in [3.8, 4) is 5.75 Å². The third-order valence-electron chi connectivity index (χ3n) is 5.61. The molecule has 1 aliphatic rings. The lowest BCUT2D eigenvalue weighted by atomic mass is 10.0. The van der Waals surface area contributed by atoms with Crippen molar-refractivity contribution in [3.05, 3.63) is 89.4 Å². The van der Waals surface area contributed by atoms with Gasteiger partial charge in [0.25, 0.3) is 5.91 Å². The molecule has 4 rings (SSSR count). The Labute approximate surface area is 203 Å². The molecular formula is C27H26N2O6. The Kier molecular flexibility index (Phi) is 7.40. The minimum Gasteiger partial charge on any atom is -0.493 e. The highest BCUT2D eigenvalue weighted by atomic mass is 16.5. The second kappa shape index (κ2) is 10.8. The summed E-state index contributed by atoms with van der Waals surface area (Å²) in [5, 5.41) is 5.85. The van der Waals surface area contributed by atoms with E-state index in [-0.39, 0.29) is 18.8 Å². The molecule has 1 amide bonds. The number of benzene rings is 2. The van der Waals surface area contributed by atoms with E-state index in [0.717, 1.165) is 16.8 Å². The van der Waals surface area contributed by atoms with Gasteiger partial charge in [-0.1, -0.05) is 29.8 Å². The number of esters is 1. The van der Waals surface area contributed by atoms with Gasteiger partial charge >= 0.3 is 5.97 Å². The van der Waals surface area contributed by atoms with E-state index in [0.29, 0.717) is 23.5 Å². The summed E-state index contributed by atoms with van der Waals surface area (Å²) < 4.78 is 16.2. The van der Waals surface area contributed by atoms with E-state index >= 15 is 0 Å². The molecule has 0 aliphatic carbocycles. The topological polar surface area (TPSA) is 98.4 Å². The van der Waals surface area contributed by atoms with Crippen molar-refractivity contribution in [1.29, 1.82) is 0 Å². The molecule has 0 saturated heterocycles. The number of nitrogens with zero attached hydrogens (tertiary/aromatic N) is 2. The molecule has 1 unspecified atom stereocenters. The Hall–Kier alpha value is -4.20. The van der Waals surface area contributed by atoms with E-state index in [1.807, 2.05) is 31.2 Å². The molecule has 0 bridgehead atoms. The number of Topliss-reactive ketones (excluding diaryl/α,β-unsaturated/α-hetero) is 1. The van der Waals surface area contributed by atoms with Crippen molar-refractivity contribution in [1.82, 2.24) is 5.01 Å². The van der Waals surface area contributed by atoms with Crippen LogP contribution in [0.25, 0.3) is 0 Å². The Morgan fingerprint density at radius 1 is 1.06 bits per heavy atom. The normalized spacial score (nSPS) is 15.0. The van der Waals surface area contributed by atoms with Crippen LogP contribution < -0.4 is 4.74 Å².